The predicted molar refractivity (Wildman–Crippen MR) is 128 cm³/mol. The first-order valence-electron chi connectivity index (χ1n) is 11.4. The van der Waals surface area contributed by atoms with Crippen molar-refractivity contribution in [2.24, 2.45) is 0 Å². The van der Waals surface area contributed by atoms with Crippen molar-refractivity contribution in [2.75, 3.05) is 39.5 Å². The smallest absolute Gasteiger partial charge is 0.260 e. The number of para-hydroxylation sites is 1. The van der Waals surface area contributed by atoms with Crippen molar-refractivity contribution in [3.63, 3.8) is 0 Å². The normalized spacial score (nSPS) is 17.9. The number of carbonyl (C=O) groups excluding carboxylic acids is 1. The molecular weight excluding hydrogens is 452 g/mol. The lowest BCUT2D eigenvalue weighted by Crippen LogP contribution is -2.43. The van der Waals surface area contributed by atoms with Crippen LogP contribution in [0.1, 0.15) is 16.5 Å². The van der Waals surface area contributed by atoms with Crippen molar-refractivity contribution in [3.05, 3.63) is 59.4 Å². The minimum absolute atomic E-state index is 0.0310. The van der Waals surface area contributed by atoms with Crippen LogP contribution in [0.25, 0.3) is 21.3 Å². The predicted octanol–water partition coefficient (Wildman–Crippen LogP) is 3.64. The molecule has 1 unspecified atom stereocenters. The lowest BCUT2D eigenvalue weighted by Gasteiger charge is -2.26. The van der Waals surface area contributed by atoms with Crippen LogP contribution in [-0.2, 0) is 16.0 Å². The molecule has 0 radical (unpaired) electrons. The summed E-state index contributed by atoms with van der Waals surface area (Å²) in [7, 11) is 0. The second-order valence-electron chi connectivity index (χ2n) is 8.46. The number of amides is 1. The quantitative estimate of drug-likeness (QED) is 0.473. The van der Waals surface area contributed by atoms with E-state index in [1.165, 1.54) is 5.56 Å². The molecule has 174 valence electrons. The highest BCUT2D eigenvalue weighted by molar-refractivity contribution is 7.18. The number of carbonyl (C=O) groups is 1. The van der Waals surface area contributed by atoms with E-state index in [-0.39, 0.29) is 18.4 Å². The van der Waals surface area contributed by atoms with Crippen LogP contribution in [0.15, 0.2) is 48.8 Å². The van der Waals surface area contributed by atoms with Crippen molar-refractivity contribution in [3.8, 4) is 22.6 Å². The van der Waals surface area contributed by atoms with E-state index in [0.717, 1.165) is 38.5 Å². The number of aromatic nitrogens is 3. The Balaban J connectivity index is 1.31. The molecule has 1 saturated heterocycles. The summed E-state index contributed by atoms with van der Waals surface area (Å²) < 4.78 is 18.5. The molecule has 2 aromatic heterocycles. The van der Waals surface area contributed by atoms with Crippen LogP contribution in [0.5, 0.6) is 11.5 Å². The van der Waals surface area contributed by atoms with Gasteiger partial charge in [-0.2, -0.15) is 5.10 Å². The van der Waals surface area contributed by atoms with Crippen LogP contribution < -0.4 is 9.47 Å². The number of morpholine rings is 1. The number of ether oxygens (including phenoxy) is 3. The van der Waals surface area contributed by atoms with Crippen LogP contribution in [0, 0.1) is 0 Å². The topological polar surface area (TPSA) is 89.6 Å². The van der Waals surface area contributed by atoms with Crippen LogP contribution in [-0.4, -0.2) is 65.5 Å². The molecule has 1 N–H and O–H groups in total. The maximum Gasteiger partial charge on any atom is 0.260 e. The van der Waals surface area contributed by atoms with Gasteiger partial charge in [-0.15, -0.1) is 11.3 Å². The summed E-state index contributed by atoms with van der Waals surface area (Å²) in [5.41, 5.74) is 3.90. The number of fused-ring (bicyclic) bond motifs is 2. The first-order valence-corrected chi connectivity index (χ1v) is 12.2. The third-order valence-corrected chi connectivity index (χ3v) is 7.42. The number of nitrogens with zero attached hydrogens (tertiary/aromatic N) is 3. The lowest BCUT2D eigenvalue weighted by molar-refractivity contribution is -0.137. The van der Waals surface area contributed by atoms with E-state index >= 15 is 0 Å². The van der Waals surface area contributed by atoms with Gasteiger partial charge in [0, 0.05) is 30.8 Å². The van der Waals surface area contributed by atoms with Crippen LogP contribution in [0.2, 0.25) is 0 Å². The second-order valence-corrected chi connectivity index (χ2v) is 9.52. The number of hydrogen-bond acceptors (Lipinski definition) is 7. The Hall–Kier alpha value is -3.43. The van der Waals surface area contributed by atoms with E-state index in [1.54, 1.807) is 22.4 Å². The first-order chi connectivity index (χ1) is 16.7. The number of rotatable bonds is 5. The monoisotopic (exact) mass is 476 g/mol. The molecule has 1 fully saturated rings. The van der Waals surface area contributed by atoms with Gasteiger partial charge in [0.15, 0.2) is 6.61 Å². The fourth-order valence-corrected chi connectivity index (χ4v) is 5.52. The van der Waals surface area contributed by atoms with Crippen LogP contribution >= 0.6 is 11.3 Å². The van der Waals surface area contributed by atoms with Gasteiger partial charge in [0.05, 0.1) is 30.7 Å². The largest absolute Gasteiger partial charge is 0.493 e. The fourth-order valence-electron chi connectivity index (χ4n) is 4.41. The minimum atomic E-state index is -0.0436. The van der Waals surface area contributed by atoms with E-state index in [9.17, 15) is 4.79 Å². The van der Waals surface area contributed by atoms with Gasteiger partial charge in [-0.05, 0) is 35.7 Å². The van der Waals surface area contributed by atoms with Gasteiger partial charge in [0.2, 0.25) is 0 Å². The van der Waals surface area contributed by atoms with Crippen LogP contribution in [0.4, 0.5) is 0 Å². The second kappa shape index (κ2) is 9.08. The van der Waals surface area contributed by atoms with Crippen LogP contribution in [0.3, 0.4) is 0 Å². The summed E-state index contributed by atoms with van der Waals surface area (Å²) in [4.78, 5) is 19.4. The van der Waals surface area contributed by atoms with Crippen molar-refractivity contribution < 1.29 is 19.0 Å². The summed E-state index contributed by atoms with van der Waals surface area (Å²) in [5, 5.41) is 7.95. The van der Waals surface area contributed by atoms with Crippen molar-refractivity contribution in [1.29, 1.82) is 0 Å². The molecule has 2 aromatic carbocycles. The Morgan fingerprint density at radius 1 is 1.21 bits per heavy atom. The molecule has 0 spiro atoms. The highest BCUT2D eigenvalue weighted by Crippen LogP contribution is 2.40. The Morgan fingerprint density at radius 2 is 2.09 bits per heavy atom. The molecular formula is C25H24N4O4S. The van der Waals surface area contributed by atoms with E-state index < -0.39 is 0 Å². The van der Waals surface area contributed by atoms with Crippen molar-refractivity contribution in [2.45, 2.75) is 12.3 Å². The summed E-state index contributed by atoms with van der Waals surface area (Å²) >= 11 is 1.65. The number of thiazole rings is 1. The molecule has 2 aliphatic rings. The Kier molecular flexibility index (Phi) is 5.64. The molecule has 4 aromatic rings. The molecule has 1 amide bonds. The van der Waals surface area contributed by atoms with Gasteiger partial charge in [0.1, 0.15) is 22.0 Å². The summed E-state index contributed by atoms with van der Waals surface area (Å²) in [6, 6.07) is 12.2. The fraction of sp³-hybridized carbons (Fsp3) is 0.320. The molecule has 9 heteroatoms. The van der Waals surface area contributed by atoms with Gasteiger partial charge in [-0.3, -0.25) is 9.89 Å². The van der Waals surface area contributed by atoms with E-state index in [1.807, 2.05) is 30.5 Å². The zero-order valence-electron chi connectivity index (χ0n) is 18.5. The maximum absolute atomic E-state index is 12.7. The van der Waals surface area contributed by atoms with Gasteiger partial charge in [0.25, 0.3) is 5.91 Å². The standard InChI is InChI=1S/C25H24N4O4S/c30-23(29-5-7-31-8-6-29)15-33-21-10-17(19-12-26-27-13-19)11-22-24(21)28-25(34-22)18-9-16-3-1-2-4-20(16)32-14-18/h1-4,10-13,18H,5-9,14-15H2,(H,26,27). The Morgan fingerprint density at radius 3 is 2.94 bits per heavy atom. The number of hydrogen-bond donors (Lipinski definition) is 1. The summed E-state index contributed by atoms with van der Waals surface area (Å²) in [6.07, 6.45) is 4.51. The number of aromatic amines is 1. The summed E-state index contributed by atoms with van der Waals surface area (Å²) in [6.45, 7) is 2.88. The molecule has 0 aliphatic carbocycles. The first kappa shape index (κ1) is 21.1. The molecule has 1 atom stereocenters. The van der Waals surface area contributed by atoms with E-state index in [4.69, 9.17) is 19.2 Å². The molecule has 34 heavy (non-hydrogen) atoms. The van der Waals surface area contributed by atoms with Gasteiger partial charge in [-0.1, -0.05) is 18.2 Å². The zero-order chi connectivity index (χ0) is 22.9. The van der Waals surface area contributed by atoms with E-state index in [2.05, 4.69) is 22.3 Å². The average molecular weight is 477 g/mol. The molecule has 0 bridgehead atoms. The highest BCUT2D eigenvalue weighted by atomic mass is 32.1. The molecule has 6 rings (SSSR count). The molecule has 0 saturated carbocycles. The SMILES string of the molecule is O=C(COc1cc(-c2cn[nH]c2)cc2sc(C3COc4ccccc4C3)nc12)N1CCOCC1. The molecule has 2 aliphatic heterocycles. The number of nitrogens with one attached hydrogen (secondary N) is 1. The van der Waals surface area contributed by atoms with Gasteiger partial charge < -0.3 is 19.1 Å². The summed E-state index contributed by atoms with van der Waals surface area (Å²) in [5.74, 6) is 1.69. The third kappa shape index (κ3) is 4.12. The number of benzene rings is 2. The highest BCUT2D eigenvalue weighted by Gasteiger charge is 2.25. The maximum atomic E-state index is 12.7. The third-order valence-electron chi connectivity index (χ3n) is 6.25. The average Bonchev–Trinajstić information content (AvgIpc) is 3.58. The van der Waals surface area contributed by atoms with Gasteiger partial charge >= 0.3 is 0 Å². The van der Waals surface area contributed by atoms with Crippen molar-refractivity contribution in [1.82, 2.24) is 20.1 Å². The van der Waals surface area contributed by atoms with Crippen molar-refractivity contribution >= 4 is 27.5 Å². The van der Waals surface area contributed by atoms with E-state index in [0.29, 0.717) is 38.7 Å². The lowest BCUT2D eigenvalue weighted by atomic mass is 9.97. The van der Waals surface area contributed by atoms with Gasteiger partial charge in [-0.25, -0.2) is 4.98 Å². The number of H-pyrrole nitrogens is 1. The Bertz CT molecular complexity index is 1310. The molecule has 4 heterocycles. The Labute approximate surface area is 200 Å². The zero-order valence-corrected chi connectivity index (χ0v) is 19.3. The minimum Gasteiger partial charge on any atom is -0.493 e. The molecule has 8 nitrogen and oxygen atoms in total.